The van der Waals surface area contributed by atoms with Gasteiger partial charge in [-0.05, 0) is 37.0 Å². The van der Waals surface area contributed by atoms with Crippen molar-refractivity contribution in [2.24, 2.45) is 5.92 Å². The number of carbonyl (C=O) groups is 1. The van der Waals surface area contributed by atoms with Gasteiger partial charge in [0.15, 0.2) is 0 Å². The molecule has 1 aromatic heterocycles. The third-order valence-electron chi connectivity index (χ3n) is 6.16. The van der Waals surface area contributed by atoms with Crippen molar-refractivity contribution in [1.82, 2.24) is 14.9 Å². The monoisotopic (exact) mass is 476 g/mol. The Labute approximate surface area is 202 Å². The molecule has 0 saturated carbocycles. The predicted octanol–water partition coefficient (Wildman–Crippen LogP) is 5.89. The normalized spacial score (nSPS) is 15.4. The van der Waals surface area contributed by atoms with Crippen LogP contribution in [0.15, 0.2) is 18.2 Å². The van der Waals surface area contributed by atoms with E-state index in [0.29, 0.717) is 41.9 Å². The lowest BCUT2D eigenvalue weighted by Crippen LogP contribution is -2.49. The third kappa shape index (κ3) is 5.93. The highest BCUT2D eigenvalue weighted by atomic mass is 35.5. The van der Waals surface area contributed by atoms with Crippen LogP contribution >= 0.6 is 23.2 Å². The summed E-state index contributed by atoms with van der Waals surface area (Å²) in [6.07, 6.45) is 2.23. The summed E-state index contributed by atoms with van der Waals surface area (Å²) in [7, 11) is 0. The average Bonchev–Trinajstić information content (AvgIpc) is 2.75. The molecule has 1 unspecified atom stereocenters. The Bertz CT molecular complexity index is 955. The van der Waals surface area contributed by atoms with Gasteiger partial charge in [-0.25, -0.2) is 9.97 Å². The van der Waals surface area contributed by atoms with Crippen LogP contribution in [0.25, 0.3) is 0 Å². The van der Waals surface area contributed by atoms with Crippen LogP contribution in [0.1, 0.15) is 69.1 Å². The molecule has 1 aromatic carbocycles. The first-order valence-corrected chi connectivity index (χ1v) is 12.3. The molecule has 0 radical (unpaired) electrons. The van der Waals surface area contributed by atoms with Crippen molar-refractivity contribution in [2.75, 3.05) is 31.1 Å². The number of benzene rings is 1. The molecule has 3 rings (SSSR count). The van der Waals surface area contributed by atoms with E-state index in [1.165, 1.54) is 0 Å². The summed E-state index contributed by atoms with van der Waals surface area (Å²) < 4.78 is 0. The number of aromatic nitrogens is 2. The molecule has 1 amide bonds. The van der Waals surface area contributed by atoms with E-state index in [0.717, 1.165) is 48.0 Å². The van der Waals surface area contributed by atoms with E-state index in [1.54, 1.807) is 6.07 Å². The molecular formula is C25H34Cl2N4O. The maximum atomic E-state index is 12.5. The van der Waals surface area contributed by atoms with Gasteiger partial charge < -0.3 is 9.80 Å². The number of nitrogens with zero attached hydrogens (tertiary/aromatic N) is 4. The van der Waals surface area contributed by atoms with Gasteiger partial charge in [-0.1, -0.05) is 57.0 Å². The quantitative estimate of drug-likeness (QED) is 0.499. The van der Waals surface area contributed by atoms with Crippen molar-refractivity contribution in [3.63, 3.8) is 0 Å². The molecule has 32 heavy (non-hydrogen) atoms. The van der Waals surface area contributed by atoms with Crippen molar-refractivity contribution in [2.45, 2.75) is 59.8 Å². The summed E-state index contributed by atoms with van der Waals surface area (Å²) in [5.74, 6) is 2.75. The molecular weight excluding hydrogens is 443 g/mol. The van der Waals surface area contributed by atoms with E-state index in [4.69, 9.17) is 33.2 Å². The lowest BCUT2D eigenvalue weighted by molar-refractivity contribution is -0.132. The Morgan fingerprint density at radius 2 is 1.78 bits per heavy atom. The van der Waals surface area contributed by atoms with Crippen LogP contribution in [-0.4, -0.2) is 47.0 Å². The van der Waals surface area contributed by atoms with Crippen LogP contribution in [0.4, 0.5) is 5.82 Å². The van der Waals surface area contributed by atoms with Gasteiger partial charge in [0.2, 0.25) is 5.91 Å². The van der Waals surface area contributed by atoms with Gasteiger partial charge in [-0.2, -0.15) is 0 Å². The van der Waals surface area contributed by atoms with Crippen molar-refractivity contribution >= 4 is 34.9 Å². The van der Waals surface area contributed by atoms with Crippen LogP contribution in [0.2, 0.25) is 10.0 Å². The molecule has 7 heteroatoms. The fraction of sp³-hybridized carbons (Fsp3) is 0.560. The Kier molecular flexibility index (Phi) is 8.40. The second-order valence-electron chi connectivity index (χ2n) is 9.16. The minimum atomic E-state index is 0.243. The number of anilines is 1. The summed E-state index contributed by atoms with van der Waals surface area (Å²) in [6.45, 7) is 13.5. The van der Waals surface area contributed by atoms with E-state index < -0.39 is 0 Å². The molecule has 0 spiro atoms. The van der Waals surface area contributed by atoms with Crippen LogP contribution in [0.3, 0.4) is 0 Å². The Hall–Kier alpha value is -1.85. The summed E-state index contributed by atoms with van der Waals surface area (Å²) in [4.78, 5) is 26.7. The first kappa shape index (κ1) is 24.8. The molecule has 1 saturated heterocycles. The third-order valence-corrected chi connectivity index (χ3v) is 6.75. The molecule has 1 atom stereocenters. The van der Waals surface area contributed by atoms with Crippen molar-refractivity contribution in [3.05, 3.63) is 50.9 Å². The van der Waals surface area contributed by atoms with Crippen LogP contribution in [0, 0.1) is 12.8 Å². The summed E-state index contributed by atoms with van der Waals surface area (Å²) in [5, 5.41) is 1.28. The predicted molar refractivity (Wildman–Crippen MR) is 133 cm³/mol. The van der Waals surface area contributed by atoms with E-state index in [-0.39, 0.29) is 11.8 Å². The lowest BCUT2D eigenvalue weighted by atomic mass is 10.0. The van der Waals surface area contributed by atoms with Gasteiger partial charge in [0.1, 0.15) is 11.6 Å². The van der Waals surface area contributed by atoms with Gasteiger partial charge in [0.05, 0.1) is 0 Å². The fourth-order valence-corrected chi connectivity index (χ4v) is 4.45. The zero-order valence-electron chi connectivity index (χ0n) is 19.8. The molecule has 2 aromatic rings. The second kappa shape index (κ2) is 10.8. The van der Waals surface area contributed by atoms with Gasteiger partial charge in [0.25, 0.3) is 0 Å². The molecule has 1 aliphatic heterocycles. The maximum absolute atomic E-state index is 12.5. The Balaban J connectivity index is 1.90. The highest BCUT2D eigenvalue weighted by molar-refractivity contribution is 6.35. The molecule has 0 N–H and O–H groups in total. The number of aryl methyl sites for hydroxylation is 1. The molecule has 1 fully saturated rings. The molecule has 2 heterocycles. The van der Waals surface area contributed by atoms with Gasteiger partial charge in [-0.15, -0.1) is 0 Å². The Morgan fingerprint density at radius 3 is 2.38 bits per heavy atom. The topological polar surface area (TPSA) is 49.3 Å². The van der Waals surface area contributed by atoms with E-state index in [9.17, 15) is 4.79 Å². The van der Waals surface area contributed by atoms with Crippen LogP contribution in [-0.2, 0) is 11.2 Å². The highest BCUT2D eigenvalue weighted by Crippen LogP contribution is 2.30. The first-order chi connectivity index (χ1) is 15.2. The number of amides is 1. The largest absolute Gasteiger partial charge is 0.353 e. The zero-order chi connectivity index (χ0) is 23.4. The maximum Gasteiger partial charge on any atom is 0.222 e. The number of piperazine rings is 1. The average molecular weight is 477 g/mol. The number of hydrogen-bond acceptors (Lipinski definition) is 4. The SMILES string of the molecule is CCC(C)c1nc(C)c(Cc2ccc(Cl)cc2Cl)c(N2CCN(C(=O)CC(C)C)CC2)n1. The second-order valence-corrected chi connectivity index (χ2v) is 10.0. The molecule has 0 bridgehead atoms. The molecule has 1 aliphatic rings. The lowest BCUT2D eigenvalue weighted by Gasteiger charge is -2.37. The number of halogens is 2. The van der Waals surface area contributed by atoms with Crippen molar-refractivity contribution < 1.29 is 4.79 Å². The highest BCUT2D eigenvalue weighted by Gasteiger charge is 2.26. The van der Waals surface area contributed by atoms with Crippen molar-refractivity contribution in [3.8, 4) is 0 Å². The Morgan fingerprint density at radius 1 is 1.09 bits per heavy atom. The fourth-order valence-electron chi connectivity index (χ4n) is 3.98. The minimum Gasteiger partial charge on any atom is -0.353 e. The standard InChI is InChI=1S/C25H34Cl2N4O/c1-6-17(4)24-28-18(5)21(14-19-7-8-20(26)15-22(19)27)25(29-24)31-11-9-30(10-12-31)23(32)13-16(2)3/h7-8,15-17H,6,9-14H2,1-5H3. The summed E-state index contributed by atoms with van der Waals surface area (Å²) in [5.41, 5.74) is 3.07. The van der Waals surface area contributed by atoms with Crippen LogP contribution < -0.4 is 4.90 Å². The molecule has 5 nitrogen and oxygen atoms in total. The summed E-state index contributed by atoms with van der Waals surface area (Å²) >= 11 is 12.6. The number of carbonyl (C=O) groups excluding carboxylic acids is 1. The van der Waals surface area contributed by atoms with Gasteiger partial charge in [-0.3, -0.25) is 4.79 Å². The summed E-state index contributed by atoms with van der Waals surface area (Å²) in [6, 6.07) is 5.62. The minimum absolute atomic E-state index is 0.243. The van der Waals surface area contributed by atoms with Gasteiger partial charge >= 0.3 is 0 Å². The van der Waals surface area contributed by atoms with E-state index in [2.05, 4.69) is 39.5 Å². The molecule has 0 aliphatic carbocycles. The smallest absolute Gasteiger partial charge is 0.222 e. The van der Waals surface area contributed by atoms with Crippen molar-refractivity contribution in [1.29, 1.82) is 0 Å². The number of hydrogen-bond donors (Lipinski definition) is 0. The number of rotatable bonds is 7. The first-order valence-electron chi connectivity index (χ1n) is 11.5. The van der Waals surface area contributed by atoms with Gasteiger partial charge in [0, 0.05) is 66.2 Å². The van der Waals surface area contributed by atoms with E-state index >= 15 is 0 Å². The zero-order valence-corrected chi connectivity index (χ0v) is 21.3. The molecule has 174 valence electrons. The van der Waals surface area contributed by atoms with Crippen LogP contribution in [0.5, 0.6) is 0 Å². The van der Waals surface area contributed by atoms with E-state index in [1.807, 2.05) is 17.0 Å².